The van der Waals surface area contributed by atoms with E-state index in [1.54, 1.807) is 25.1 Å². The van der Waals surface area contributed by atoms with Crippen LogP contribution in [0.5, 0.6) is 11.5 Å². The van der Waals surface area contributed by atoms with Crippen molar-refractivity contribution in [2.24, 2.45) is 11.7 Å². The second kappa shape index (κ2) is 10.6. The molecule has 45 heavy (non-hydrogen) atoms. The summed E-state index contributed by atoms with van der Waals surface area (Å²) in [7, 11) is 1.52. The fourth-order valence-corrected chi connectivity index (χ4v) is 6.38. The van der Waals surface area contributed by atoms with E-state index in [1.165, 1.54) is 13.2 Å². The number of hydrogen-bond donors (Lipinski definition) is 3. The molecule has 4 aromatic rings. The lowest BCUT2D eigenvalue weighted by molar-refractivity contribution is -0.123. The monoisotopic (exact) mass is 653 g/mol. The third-order valence-electron chi connectivity index (χ3n) is 9.11. The SMILES string of the molecule is COc1cc(C(=O)NCC(O)(c2cc3c(c(-c4c(F)ccc(Cl)c4Cl)n2)OC[C@]3(C)C(N)=O)C2CC2)cc2cn(C3CC3)nc12. The van der Waals surface area contributed by atoms with Crippen LogP contribution in [-0.2, 0) is 15.8 Å². The van der Waals surface area contributed by atoms with E-state index in [0.717, 1.165) is 24.3 Å². The molecule has 7 rings (SSSR count). The normalized spacial score (nSPS) is 20.4. The number of hydrogen-bond acceptors (Lipinski definition) is 7. The van der Waals surface area contributed by atoms with Crippen molar-refractivity contribution in [2.75, 3.05) is 20.3 Å². The summed E-state index contributed by atoms with van der Waals surface area (Å²) in [5.41, 5.74) is 4.10. The second-order valence-electron chi connectivity index (χ2n) is 12.3. The number of carbonyl (C=O) groups is 2. The van der Waals surface area contributed by atoms with Crippen LogP contribution in [-0.4, -0.2) is 51.9 Å². The van der Waals surface area contributed by atoms with Gasteiger partial charge in [-0.2, -0.15) is 5.10 Å². The van der Waals surface area contributed by atoms with Crippen LogP contribution in [0.2, 0.25) is 10.0 Å². The van der Waals surface area contributed by atoms with Gasteiger partial charge in [-0.05, 0) is 68.9 Å². The van der Waals surface area contributed by atoms with E-state index in [9.17, 15) is 14.7 Å². The van der Waals surface area contributed by atoms with Gasteiger partial charge in [0.15, 0.2) is 0 Å². The first-order chi connectivity index (χ1) is 21.4. The topological polar surface area (TPSA) is 142 Å². The highest BCUT2D eigenvalue weighted by molar-refractivity contribution is 6.43. The van der Waals surface area contributed by atoms with Crippen LogP contribution in [0, 0.1) is 11.7 Å². The average Bonchev–Trinajstić information content (AvgIpc) is 3.97. The Morgan fingerprint density at radius 3 is 2.67 bits per heavy atom. The lowest BCUT2D eigenvalue weighted by atomic mass is 9.81. The second-order valence-corrected chi connectivity index (χ2v) is 13.1. The van der Waals surface area contributed by atoms with Crippen molar-refractivity contribution in [1.82, 2.24) is 20.1 Å². The molecule has 2 aromatic carbocycles. The van der Waals surface area contributed by atoms with Crippen LogP contribution in [0.25, 0.3) is 22.2 Å². The quantitative estimate of drug-likeness (QED) is 0.215. The molecule has 2 atom stereocenters. The van der Waals surface area contributed by atoms with E-state index in [-0.39, 0.29) is 51.8 Å². The molecular weight excluding hydrogens is 624 g/mol. The van der Waals surface area contributed by atoms with Crippen molar-refractivity contribution >= 4 is 45.9 Å². The molecule has 2 amide bonds. The molecule has 1 unspecified atom stereocenters. The molecule has 1 aliphatic heterocycles. The molecule has 10 nitrogen and oxygen atoms in total. The Bertz CT molecular complexity index is 1910. The first kappa shape index (κ1) is 29.8. The van der Waals surface area contributed by atoms with E-state index < -0.39 is 28.6 Å². The van der Waals surface area contributed by atoms with Gasteiger partial charge in [-0.25, -0.2) is 9.37 Å². The number of primary amides is 1. The van der Waals surface area contributed by atoms with Crippen LogP contribution < -0.4 is 20.5 Å². The fourth-order valence-electron chi connectivity index (χ4n) is 5.98. The number of halogens is 3. The molecule has 0 radical (unpaired) electrons. The van der Waals surface area contributed by atoms with Crippen molar-refractivity contribution in [3.8, 4) is 22.8 Å². The Hall–Kier alpha value is -3.93. The standard InChI is InChI=1S/C32H30Cl2FN5O5/c1-31(30(36)42)14-45-28-19(31)11-23(38-27(28)24-21(35)8-7-20(33)25(24)34)32(43,17-3-4-17)13-37-29(41)15-9-16-12-40(18-5-6-18)39-26(16)22(10-15)44-2/h7-12,17-18,43H,3-6,13-14H2,1-2H3,(H2,36,42)(H,37,41)/t31-,32?/m0/s1. The molecule has 4 N–H and O–H groups in total. The van der Waals surface area contributed by atoms with Crippen LogP contribution in [0.15, 0.2) is 36.5 Å². The van der Waals surface area contributed by atoms with Gasteiger partial charge in [-0.15, -0.1) is 0 Å². The lowest BCUT2D eigenvalue weighted by Gasteiger charge is -2.30. The highest BCUT2D eigenvalue weighted by atomic mass is 35.5. The minimum Gasteiger partial charge on any atom is -0.494 e. The molecule has 13 heteroatoms. The Morgan fingerprint density at radius 1 is 1.24 bits per heavy atom. The molecule has 0 spiro atoms. The van der Waals surface area contributed by atoms with Crippen LogP contribution in [0.1, 0.15) is 60.3 Å². The van der Waals surface area contributed by atoms with Gasteiger partial charge in [0.05, 0.1) is 41.0 Å². The van der Waals surface area contributed by atoms with Crippen molar-refractivity contribution < 1.29 is 28.6 Å². The van der Waals surface area contributed by atoms with Crippen LogP contribution in [0.4, 0.5) is 4.39 Å². The van der Waals surface area contributed by atoms with E-state index in [4.69, 9.17) is 38.4 Å². The van der Waals surface area contributed by atoms with E-state index in [1.807, 2.05) is 10.9 Å². The zero-order valence-electron chi connectivity index (χ0n) is 24.5. The smallest absolute Gasteiger partial charge is 0.251 e. The summed E-state index contributed by atoms with van der Waals surface area (Å²) in [4.78, 5) is 30.9. The number of nitrogens with zero attached hydrogens (tertiary/aromatic N) is 3. The number of nitrogens with one attached hydrogen (secondary N) is 1. The Balaban J connectivity index is 1.28. The maximum atomic E-state index is 15.3. The van der Waals surface area contributed by atoms with Gasteiger partial charge in [0.25, 0.3) is 5.91 Å². The molecule has 234 valence electrons. The van der Waals surface area contributed by atoms with Gasteiger partial charge in [-0.3, -0.25) is 14.3 Å². The summed E-state index contributed by atoms with van der Waals surface area (Å²) in [6.07, 6.45) is 5.35. The number of nitrogens with two attached hydrogens (primary N) is 1. The zero-order valence-corrected chi connectivity index (χ0v) is 26.0. The third-order valence-corrected chi connectivity index (χ3v) is 9.91. The fraction of sp³-hybridized carbons (Fsp3) is 0.375. The summed E-state index contributed by atoms with van der Waals surface area (Å²) < 4.78 is 28.7. The van der Waals surface area contributed by atoms with Crippen molar-refractivity contribution in [3.05, 3.63) is 69.2 Å². The van der Waals surface area contributed by atoms with Crippen LogP contribution in [0.3, 0.4) is 0 Å². The largest absolute Gasteiger partial charge is 0.494 e. The molecule has 0 bridgehead atoms. The van der Waals surface area contributed by atoms with Gasteiger partial charge in [-0.1, -0.05) is 23.2 Å². The number of amides is 2. The number of rotatable bonds is 9. The van der Waals surface area contributed by atoms with Crippen molar-refractivity contribution in [1.29, 1.82) is 0 Å². The average molecular weight is 655 g/mol. The maximum Gasteiger partial charge on any atom is 0.251 e. The highest BCUT2D eigenvalue weighted by Gasteiger charge is 2.50. The number of pyridine rings is 1. The molecule has 3 heterocycles. The van der Waals surface area contributed by atoms with Crippen LogP contribution >= 0.6 is 23.2 Å². The number of ether oxygens (including phenoxy) is 2. The Kier molecular flexibility index (Phi) is 6.99. The zero-order chi connectivity index (χ0) is 31.8. The molecule has 2 saturated carbocycles. The van der Waals surface area contributed by atoms with E-state index in [2.05, 4.69) is 15.4 Å². The minimum atomic E-state index is -1.69. The number of aromatic nitrogens is 3. The van der Waals surface area contributed by atoms with E-state index >= 15 is 4.39 Å². The van der Waals surface area contributed by atoms with Gasteiger partial charge >= 0.3 is 0 Å². The lowest BCUT2D eigenvalue weighted by Crippen LogP contribution is -2.44. The Labute approximate surface area is 267 Å². The molecule has 0 saturated heterocycles. The maximum absolute atomic E-state index is 15.3. The van der Waals surface area contributed by atoms with E-state index in [0.29, 0.717) is 41.3 Å². The Morgan fingerprint density at radius 2 is 2.00 bits per heavy atom. The summed E-state index contributed by atoms with van der Waals surface area (Å²) in [6.45, 7) is 1.27. The predicted molar refractivity (Wildman–Crippen MR) is 165 cm³/mol. The molecule has 2 fully saturated rings. The third kappa shape index (κ3) is 4.88. The first-order valence-electron chi connectivity index (χ1n) is 14.6. The minimum absolute atomic E-state index is 0.0225. The summed E-state index contributed by atoms with van der Waals surface area (Å²) in [5.74, 6) is -1.51. The van der Waals surface area contributed by atoms with Gasteiger partial charge in [0.2, 0.25) is 5.91 Å². The number of carbonyl (C=O) groups excluding carboxylic acids is 2. The molecular formula is C32H30Cl2FN5O5. The summed E-state index contributed by atoms with van der Waals surface area (Å²) in [5, 5.41) is 20.5. The summed E-state index contributed by atoms with van der Waals surface area (Å²) in [6, 6.07) is 7.73. The first-order valence-corrected chi connectivity index (χ1v) is 15.4. The highest BCUT2D eigenvalue weighted by Crippen LogP contribution is 2.51. The number of methoxy groups -OCH3 is 1. The molecule has 2 aromatic heterocycles. The van der Waals surface area contributed by atoms with Gasteiger partial charge in [0, 0.05) is 22.7 Å². The van der Waals surface area contributed by atoms with Gasteiger partial charge in [0.1, 0.15) is 46.1 Å². The number of aliphatic hydroxyl groups is 1. The predicted octanol–water partition coefficient (Wildman–Crippen LogP) is 5.05. The number of fused-ring (bicyclic) bond motifs is 2. The summed E-state index contributed by atoms with van der Waals surface area (Å²) >= 11 is 12.7. The van der Waals surface area contributed by atoms with Crippen molar-refractivity contribution in [3.63, 3.8) is 0 Å². The molecule has 3 aliphatic rings. The number of benzene rings is 2. The van der Waals surface area contributed by atoms with Gasteiger partial charge < -0.3 is 25.6 Å². The molecule has 2 aliphatic carbocycles. The van der Waals surface area contributed by atoms with Crippen molar-refractivity contribution in [2.45, 2.75) is 49.7 Å².